The molecule has 4 unspecified atom stereocenters. The number of rotatable bonds is 7. The maximum Gasteiger partial charge on any atom is 0.0544 e. The molecule has 284 valence electrons. The minimum Gasteiger partial charge on any atom is -0.310 e. The molecule has 0 saturated heterocycles. The summed E-state index contributed by atoms with van der Waals surface area (Å²) in [6.45, 7) is 2.26. The van der Waals surface area contributed by atoms with Crippen molar-refractivity contribution in [1.29, 1.82) is 0 Å². The van der Waals surface area contributed by atoms with Gasteiger partial charge in [-0.2, -0.15) is 0 Å². The second kappa shape index (κ2) is 13.5. The maximum absolute atomic E-state index is 2.58. The van der Waals surface area contributed by atoms with E-state index in [2.05, 4.69) is 211 Å². The number of hydrogen-bond donors (Lipinski definition) is 0. The highest BCUT2D eigenvalue weighted by Gasteiger charge is 2.62. The molecule has 3 aliphatic carbocycles. The molecule has 0 radical (unpaired) electrons. The maximum atomic E-state index is 2.58. The average Bonchev–Trinajstić information content (AvgIpc) is 4.01. The van der Waals surface area contributed by atoms with E-state index in [9.17, 15) is 0 Å². The largest absolute Gasteiger partial charge is 0.310 e. The molecule has 59 heavy (non-hydrogen) atoms. The molecule has 1 aromatic heterocycles. The van der Waals surface area contributed by atoms with Crippen molar-refractivity contribution < 1.29 is 0 Å². The van der Waals surface area contributed by atoms with Crippen LogP contribution in [-0.4, -0.2) is 4.57 Å². The van der Waals surface area contributed by atoms with Crippen LogP contribution in [0.5, 0.6) is 0 Å². The fraction of sp³-hybridized carbons (Fsp3) is 0.158. The third kappa shape index (κ3) is 5.05. The fourth-order valence-corrected chi connectivity index (χ4v) is 12.2. The van der Waals surface area contributed by atoms with Crippen molar-refractivity contribution in [3.05, 3.63) is 239 Å². The van der Waals surface area contributed by atoms with Gasteiger partial charge in [0.2, 0.25) is 0 Å². The van der Waals surface area contributed by atoms with Crippen LogP contribution in [0.4, 0.5) is 17.1 Å². The molecule has 0 bridgehead atoms. The number of nitrogens with zero attached hydrogens (tertiary/aromatic N) is 2. The smallest absolute Gasteiger partial charge is 0.0544 e. The zero-order valence-electron chi connectivity index (χ0n) is 33.4. The number of benzene rings is 8. The Morgan fingerprint density at radius 2 is 1.12 bits per heavy atom. The first kappa shape index (κ1) is 34.4. The van der Waals surface area contributed by atoms with Crippen molar-refractivity contribution in [3.63, 3.8) is 0 Å². The molecule has 3 aliphatic rings. The Morgan fingerprint density at radius 3 is 1.88 bits per heavy atom. The van der Waals surface area contributed by atoms with Gasteiger partial charge < -0.3 is 9.47 Å². The molecule has 2 nitrogen and oxygen atoms in total. The van der Waals surface area contributed by atoms with Gasteiger partial charge in [-0.05, 0) is 137 Å². The van der Waals surface area contributed by atoms with Gasteiger partial charge in [0.05, 0.1) is 16.7 Å². The van der Waals surface area contributed by atoms with Crippen LogP contribution in [0.15, 0.2) is 194 Å². The first-order chi connectivity index (χ1) is 29.2. The summed E-state index contributed by atoms with van der Waals surface area (Å²) in [5, 5.41) is 2.58. The van der Waals surface area contributed by atoms with Crippen molar-refractivity contribution in [1.82, 2.24) is 4.57 Å². The number of aromatic nitrogens is 1. The molecule has 4 atom stereocenters. The summed E-state index contributed by atoms with van der Waals surface area (Å²) in [5.74, 6) is 1.17. The first-order valence-corrected chi connectivity index (χ1v) is 21.5. The van der Waals surface area contributed by atoms with Gasteiger partial charge >= 0.3 is 0 Å². The molecule has 0 N–H and O–H groups in total. The number of fused-ring (bicyclic) bond motifs is 5. The van der Waals surface area contributed by atoms with E-state index >= 15 is 0 Å². The highest BCUT2D eigenvalue weighted by atomic mass is 15.1. The van der Waals surface area contributed by atoms with E-state index in [0.717, 1.165) is 12.8 Å². The van der Waals surface area contributed by atoms with Crippen LogP contribution in [0.25, 0.3) is 27.5 Å². The molecular weight excluding hydrogens is 713 g/mol. The SMILES string of the molecule is Cc1ccccc1N(c1ccccc1)c1cccc2c1C13c4c(cccc4C(c4ccccc4)c4ccc5c6ccccc6n(-c6ccccc6)c5c4)CC1CCC3C2. The van der Waals surface area contributed by atoms with Crippen LogP contribution in [-0.2, 0) is 18.3 Å². The summed E-state index contributed by atoms with van der Waals surface area (Å²) >= 11 is 0. The summed E-state index contributed by atoms with van der Waals surface area (Å²) in [6, 6.07) is 73.0. The van der Waals surface area contributed by atoms with E-state index in [4.69, 9.17) is 0 Å². The Hall–Kier alpha value is -6.64. The van der Waals surface area contributed by atoms with Gasteiger partial charge in [-0.25, -0.2) is 0 Å². The number of hydrogen-bond acceptors (Lipinski definition) is 1. The zero-order valence-corrected chi connectivity index (χ0v) is 33.4. The third-order valence-corrected chi connectivity index (χ3v) is 14.3. The van der Waals surface area contributed by atoms with Crippen molar-refractivity contribution >= 4 is 38.9 Å². The van der Waals surface area contributed by atoms with Crippen molar-refractivity contribution in [3.8, 4) is 5.69 Å². The Labute approximate surface area is 347 Å². The number of aryl methyl sites for hydroxylation is 1. The summed E-state index contributed by atoms with van der Waals surface area (Å²) in [6.07, 6.45) is 4.79. The van der Waals surface area contributed by atoms with E-state index in [1.165, 1.54) is 85.2 Å². The molecule has 1 spiro atoms. The van der Waals surface area contributed by atoms with Crippen LogP contribution >= 0.6 is 0 Å². The molecule has 8 aromatic carbocycles. The summed E-state index contributed by atoms with van der Waals surface area (Å²) in [7, 11) is 0. The van der Waals surface area contributed by atoms with Gasteiger partial charge in [-0.1, -0.05) is 146 Å². The van der Waals surface area contributed by atoms with Crippen molar-refractivity contribution in [2.45, 2.75) is 43.9 Å². The summed E-state index contributed by atoms with van der Waals surface area (Å²) in [4.78, 5) is 2.58. The molecule has 1 fully saturated rings. The number of anilines is 3. The Bertz CT molecular complexity index is 3030. The van der Waals surface area contributed by atoms with E-state index < -0.39 is 0 Å². The van der Waals surface area contributed by atoms with Crippen molar-refractivity contribution in [2.24, 2.45) is 11.8 Å². The fourth-order valence-electron chi connectivity index (χ4n) is 12.2. The highest BCUT2D eigenvalue weighted by molar-refractivity contribution is 6.09. The summed E-state index contributed by atoms with van der Waals surface area (Å²) < 4.78 is 2.47. The molecule has 9 aromatic rings. The van der Waals surface area contributed by atoms with Gasteiger partial charge in [0.1, 0.15) is 0 Å². The lowest BCUT2D eigenvalue weighted by atomic mass is 9.66. The van der Waals surface area contributed by atoms with Crippen molar-refractivity contribution in [2.75, 3.05) is 4.90 Å². The lowest BCUT2D eigenvalue weighted by Crippen LogP contribution is -2.34. The lowest BCUT2D eigenvalue weighted by Gasteiger charge is -2.39. The Kier molecular flexibility index (Phi) is 7.85. The molecule has 2 heteroatoms. The second-order valence-electron chi connectivity index (χ2n) is 17.2. The molecule has 1 heterocycles. The molecule has 0 amide bonds. The minimum absolute atomic E-state index is 0.0602. The quantitative estimate of drug-likeness (QED) is 0.147. The molecule has 1 saturated carbocycles. The average molecular weight is 759 g/mol. The van der Waals surface area contributed by atoms with Gasteiger partial charge in [0, 0.05) is 39.2 Å². The standard InChI is InChI=1S/C57H46N2/c1-38-17-11-13-28-50(38)58(45-22-7-3-8-23-45)52-30-16-21-42-36-44-33-32-43-35-41-20-15-27-49(55(41)57(43,44)56(42)52)54(39-18-5-2-6-19-39)40-31-34-48-47-26-12-14-29-51(47)59(53(48)37-40)46-24-9-4-10-25-46/h2-31,34,37,43-44,54H,32-33,35-36H2,1H3. The van der Waals surface area contributed by atoms with Gasteiger partial charge in [0.15, 0.2) is 0 Å². The third-order valence-electron chi connectivity index (χ3n) is 14.3. The number of para-hydroxylation sites is 4. The zero-order chi connectivity index (χ0) is 39.1. The molecule has 12 rings (SSSR count). The van der Waals surface area contributed by atoms with Crippen LogP contribution < -0.4 is 4.90 Å². The molecule has 0 aliphatic heterocycles. The highest BCUT2D eigenvalue weighted by Crippen LogP contribution is 2.68. The predicted octanol–water partition coefficient (Wildman–Crippen LogP) is 14.2. The minimum atomic E-state index is -0.0797. The first-order valence-electron chi connectivity index (χ1n) is 21.5. The topological polar surface area (TPSA) is 8.17 Å². The van der Waals surface area contributed by atoms with Crippen LogP contribution in [0.3, 0.4) is 0 Å². The predicted molar refractivity (Wildman–Crippen MR) is 245 cm³/mol. The van der Waals surface area contributed by atoms with Crippen LogP contribution in [0, 0.1) is 18.8 Å². The van der Waals surface area contributed by atoms with Gasteiger partial charge in [-0.3, -0.25) is 0 Å². The van der Waals surface area contributed by atoms with Crippen LogP contribution in [0.2, 0.25) is 0 Å². The van der Waals surface area contributed by atoms with Gasteiger partial charge in [-0.15, -0.1) is 0 Å². The van der Waals surface area contributed by atoms with Gasteiger partial charge in [0.25, 0.3) is 0 Å². The second-order valence-corrected chi connectivity index (χ2v) is 17.2. The monoisotopic (exact) mass is 758 g/mol. The summed E-state index contributed by atoms with van der Waals surface area (Å²) in [5.41, 5.74) is 19.1. The Balaban J connectivity index is 1.12. The van der Waals surface area contributed by atoms with E-state index in [0.29, 0.717) is 11.8 Å². The lowest BCUT2D eigenvalue weighted by molar-refractivity contribution is 0.347. The normalized spacial score (nSPS) is 19.3. The van der Waals surface area contributed by atoms with E-state index in [1.807, 2.05) is 0 Å². The van der Waals surface area contributed by atoms with E-state index in [-0.39, 0.29) is 11.3 Å². The van der Waals surface area contributed by atoms with E-state index in [1.54, 1.807) is 16.7 Å². The van der Waals surface area contributed by atoms with Crippen LogP contribution in [0.1, 0.15) is 63.3 Å². The Morgan fingerprint density at radius 1 is 0.508 bits per heavy atom. The molecular formula is C57H46N2.